The number of nitrogens with two attached hydrogens (primary N) is 1. The molecular weight excluding hydrogens is 567 g/mol. The van der Waals surface area contributed by atoms with E-state index < -0.39 is 6.04 Å². The number of amides is 1. The molecule has 40 heavy (non-hydrogen) atoms. The average molecular weight is 600 g/mol. The predicted octanol–water partition coefficient (Wildman–Crippen LogP) is 5.63. The number of hydrogen-bond donors (Lipinski definition) is 3. The third-order valence-corrected chi connectivity index (χ3v) is 8.49. The normalized spacial score (nSPS) is 14.1. The van der Waals surface area contributed by atoms with E-state index in [1.165, 1.54) is 4.88 Å². The number of nitrogens with one attached hydrogen (secondary N) is 1. The molecule has 0 bridgehead atoms. The maximum Gasteiger partial charge on any atom is 0.227 e. The number of aliphatic hydroxyl groups is 1. The molecule has 11 heteroatoms. The van der Waals surface area contributed by atoms with Crippen LogP contribution in [0.3, 0.4) is 0 Å². The molecule has 1 aliphatic rings. The molecule has 0 aliphatic carbocycles. The monoisotopic (exact) mass is 598 g/mol. The van der Waals surface area contributed by atoms with E-state index in [1.54, 1.807) is 11.3 Å². The fourth-order valence-corrected chi connectivity index (χ4v) is 6.25. The summed E-state index contributed by atoms with van der Waals surface area (Å²) in [5.74, 6) is 1.16. The molecule has 4 aromatic rings. The van der Waals surface area contributed by atoms with Crippen LogP contribution >= 0.6 is 35.3 Å². The summed E-state index contributed by atoms with van der Waals surface area (Å²) < 4.78 is 2.03. The fourth-order valence-electron chi connectivity index (χ4n) is 4.91. The number of fused-ring (bicyclic) bond motifs is 3. The highest BCUT2D eigenvalue weighted by Gasteiger charge is 2.32. The van der Waals surface area contributed by atoms with E-state index in [4.69, 9.17) is 22.3 Å². The molecule has 210 valence electrons. The molecule has 4 N–H and O–H groups in total. The molecule has 8 nitrogen and oxygen atoms in total. The number of aromatic nitrogens is 3. The van der Waals surface area contributed by atoms with Gasteiger partial charge in [0.2, 0.25) is 5.91 Å². The van der Waals surface area contributed by atoms with Gasteiger partial charge in [0.15, 0.2) is 5.82 Å². The Kier molecular flexibility index (Phi) is 9.43. The Morgan fingerprint density at radius 2 is 1.88 bits per heavy atom. The lowest BCUT2D eigenvalue weighted by Crippen LogP contribution is -2.17. The number of nitrogens with zero attached hydrogens (tertiary/aromatic N) is 4. The number of thiophene rings is 1. The number of aliphatic hydroxyl groups excluding tert-OH is 1. The minimum Gasteiger partial charge on any atom is -0.392 e. The van der Waals surface area contributed by atoms with Crippen molar-refractivity contribution in [1.82, 2.24) is 14.8 Å². The molecule has 5 rings (SSSR count). The van der Waals surface area contributed by atoms with E-state index in [-0.39, 0.29) is 31.3 Å². The second-order valence-corrected chi connectivity index (χ2v) is 11.3. The summed E-state index contributed by atoms with van der Waals surface area (Å²) in [5.41, 5.74) is 12.0. The number of carbonyl (C=O) groups is 1. The number of halogens is 2. The first-order chi connectivity index (χ1) is 18.8. The van der Waals surface area contributed by atoms with Crippen molar-refractivity contribution >= 4 is 52.7 Å². The number of rotatable bonds is 8. The highest BCUT2D eigenvalue weighted by atomic mass is 35.5. The quantitative estimate of drug-likeness (QED) is 0.243. The molecule has 0 radical (unpaired) electrons. The van der Waals surface area contributed by atoms with Crippen LogP contribution in [0.4, 0.5) is 5.69 Å². The molecule has 0 unspecified atom stereocenters. The van der Waals surface area contributed by atoms with E-state index in [0.29, 0.717) is 23.1 Å². The van der Waals surface area contributed by atoms with Crippen LogP contribution in [0.5, 0.6) is 0 Å². The zero-order valence-electron chi connectivity index (χ0n) is 22.6. The van der Waals surface area contributed by atoms with Gasteiger partial charge in [0.25, 0.3) is 0 Å². The maximum atomic E-state index is 13.4. The van der Waals surface area contributed by atoms with E-state index >= 15 is 0 Å². The molecule has 3 heterocycles. The zero-order valence-corrected chi connectivity index (χ0v) is 25.0. The Bertz CT molecular complexity index is 1560. The van der Waals surface area contributed by atoms with Crippen LogP contribution in [-0.2, 0) is 17.8 Å². The molecule has 1 atom stereocenters. The molecule has 0 saturated heterocycles. The summed E-state index contributed by atoms with van der Waals surface area (Å²) in [6.07, 6.45) is 1.69. The SMILES string of the molecule is Cc1sc2c(c1C)C(c1ccc(Cl)cc1)=N[C@@H](CC(=O)Nc1ccc(CCCN)c(CO)c1)c1nnc(C)n1-2.Cl. The Labute approximate surface area is 248 Å². The number of benzene rings is 2. The molecule has 1 amide bonds. The van der Waals surface area contributed by atoms with Gasteiger partial charge in [-0.15, -0.1) is 33.9 Å². The van der Waals surface area contributed by atoms with Crippen molar-refractivity contribution in [3.8, 4) is 5.00 Å². The molecule has 0 fully saturated rings. The Morgan fingerprint density at radius 3 is 2.58 bits per heavy atom. The summed E-state index contributed by atoms with van der Waals surface area (Å²) in [4.78, 5) is 19.7. The summed E-state index contributed by atoms with van der Waals surface area (Å²) in [6, 6.07) is 12.7. The van der Waals surface area contributed by atoms with Crippen LogP contribution in [0.1, 0.15) is 63.2 Å². The molecular formula is C29H32Cl2N6O2S. The van der Waals surface area contributed by atoms with E-state index in [9.17, 15) is 9.90 Å². The minimum absolute atomic E-state index is 0. The Morgan fingerprint density at radius 1 is 1.12 bits per heavy atom. The third kappa shape index (κ3) is 5.84. The van der Waals surface area contributed by atoms with E-state index in [2.05, 4.69) is 29.4 Å². The summed E-state index contributed by atoms with van der Waals surface area (Å²) in [7, 11) is 0. The smallest absolute Gasteiger partial charge is 0.227 e. The topological polar surface area (TPSA) is 118 Å². The zero-order chi connectivity index (χ0) is 27.7. The van der Waals surface area contributed by atoms with Crippen LogP contribution in [0.2, 0.25) is 5.02 Å². The lowest BCUT2D eigenvalue weighted by Gasteiger charge is -2.14. The van der Waals surface area contributed by atoms with Crippen LogP contribution in [0.25, 0.3) is 5.00 Å². The number of hydrogen-bond acceptors (Lipinski definition) is 7. The first-order valence-corrected chi connectivity index (χ1v) is 14.1. The highest BCUT2D eigenvalue weighted by molar-refractivity contribution is 7.15. The van der Waals surface area contributed by atoms with Crippen LogP contribution in [0, 0.1) is 20.8 Å². The van der Waals surface area contributed by atoms with Gasteiger partial charge in [0.1, 0.15) is 16.9 Å². The van der Waals surface area contributed by atoms with Crippen molar-refractivity contribution in [1.29, 1.82) is 0 Å². The summed E-state index contributed by atoms with van der Waals surface area (Å²) >= 11 is 7.86. The predicted molar refractivity (Wildman–Crippen MR) is 164 cm³/mol. The summed E-state index contributed by atoms with van der Waals surface area (Å²) in [6.45, 7) is 6.58. The van der Waals surface area contributed by atoms with Crippen LogP contribution in [0.15, 0.2) is 47.5 Å². The van der Waals surface area contributed by atoms with Crippen LogP contribution < -0.4 is 11.1 Å². The highest BCUT2D eigenvalue weighted by Crippen LogP contribution is 2.39. The number of aliphatic imine (C=N–C) groups is 1. The van der Waals surface area contributed by atoms with Crippen molar-refractivity contribution in [3.63, 3.8) is 0 Å². The van der Waals surface area contributed by atoms with E-state index in [0.717, 1.165) is 57.2 Å². The minimum atomic E-state index is -0.558. The van der Waals surface area contributed by atoms with Gasteiger partial charge in [0, 0.05) is 26.7 Å². The summed E-state index contributed by atoms with van der Waals surface area (Å²) in [5, 5.41) is 23.3. The van der Waals surface area contributed by atoms with Crippen molar-refractivity contribution in [2.45, 2.75) is 52.7 Å². The molecule has 2 aromatic heterocycles. The largest absolute Gasteiger partial charge is 0.392 e. The second kappa shape index (κ2) is 12.6. The number of anilines is 1. The van der Waals surface area contributed by atoms with Gasteiger partial charge in [0.05, 0.1) is 18.7 Å². The molecule has 0 saturated carbocycles. The van der Waals surface area contributed by atoms with Gasteiger partial charge in [-0.2, -0.15) is 0 Å². The molecule has 0 spiro atoms. The van der Waals surface area contributed by atoms with Crippen molar-refractivity contribution in [2.24, 2.45) is 10.7 Å². The van der Waals surface area contributed by atoms with Crippen LogP contribution in [-0.4, -0.2) is 38.0 Å². The first kappa shape index (κ1) is 29.9. The van der Waals surface area contributed by atoms with Crippen molar-refractivity contribution < 1.29 is 9.90 Å². The lowest BCUT2D eigenvalue weighted by molar-refractivity contribution is -0.116. The van der Waals surface area contributed by atoms with Gasteiger partial charge in [-0.3, -0.25) is 14.4 Å². The van der Waals surface area contributed by atoms with Gasteiger partial charge in [-0.25, -0.2) is 0 Å². The van der Waals surface area contributed by atoms with Crippen molar-refractivity contribution in [2.75, 3.05) is 11.9 Å². The standard InChI is InChI=1S/C29H31ClN6O2S.ClH/c1-16-17(2)39-29-26(16)27(20-6-9-22(30)10-7-20)33-24(28-35-34-18(3)36(28)29)14-25(38)32-23-11-8-19(5-4-12-31)21(13-23)15-37;/h6-11,13,24,37H,4-5,12,14-15,31H2,1-3H3,(H,32,38);1H/t24-;/m0./s1. The Hall–Kier alpha value is -3.08. The molecule has 2 aromatic carbocycles. The Balaban J connectivity index is 0.00000370. The average Bonchev–Trinajstić information content (AvgIpc) is 3.40. The van der Waals surface area contributed by atoms with E-state index in [1.807, 2.05) is 54.0 Å². The van der Waals surface area contributed by atoms with Gasteiger partial charge >= 0.3 is 0 Å². The third-order valence-electron chi connectivity index (χ3n) is 7.05. The van der Waals surface area contributed by atoms with Gasteiger partial charge < -0.3 is 16.2 Å². The van der Waals surface area contributed by atoms with Gasteiger partial charge in [-0.05, 0) is 81.1 Å². The number of carbonyl (C=O) groups excluding carboxylic acids is 1. The molecule has 1 aliphatic heterocycles. The first-order valence-electron chi connectivity index (χ1n) is 12.9. The number of aryl methyl sites for hydroxylation is 3. The van der Waals surface area contributed by atoms with Crippen molar-refractivity contribution in [3.05, 3.63) is 91.8 Å². The maximum absolute atomic E-state index is 13.4. The van der Waals surface area contributed by atoms with Gasteiger partial charge in [-0.1, -0.05) is 29.8 Å². The second-order valence-electron chi connectivity index (χ2n) is 9.69. The lowest BCUT2D eigenvalue weighted by atomic mass is 9.99. The fraction of sp³-hybridized carbons (Fsp3) is 0.310.